The van der Waals surface area contributed by atoms with Crippen LogP contribution in [0.1, 0.15) is 11.3 Å². The Bertz CT molecular complexity index is 982. The average molecular weight is 406 g/mol. The molecule has 3 rings (SSSR count). The molecular formula is C19H13F3N2O3S. The number of methoxy groups -OCH3 is 1. The van der Waals surface area contributed by atoms with Gasteiger partial charge in [0.15, 0.2) is 0 Å². The highest BCUT2D eigenvalue weighted by Gasteiger charge is 2.33. The minimum absolute atomic E-state index is 0.117. The van der Waals surface area contributed by atoms with Crippen molar-refractivity contribution in [2.45, 2.75) is 6.18 Å². The van der Waals surface area contributed by atoms with Gasteiger partial charge in [-0.2, -0.15) is 13.2 Å². The quantitative estimate of drug-likeness (QED) is 0.734. The van der Waals surface area contributed by atoms with Crippen LogP contribution in [-0.2, 0) is 15.7 Å². The number of aliphatic hydroxyl groups is 1. The Morgan fingerprint density at radius 3 is 2.50 bits per heavy atom. The Balaban J connectivity index is 1.99. The van der Waals surface area contributed by atoms with Crippen LogP contribution in [-0.4, -0.2) is 28.2 Å². The molecule has 0 saturated heterocycles. The van der Waals surface area contributed by atoms with Crippen molar-refractivity contribution in [3.8, 4) is 0 Å². The van der Waals surface area contributed by atoms with Crippen LogP contribution in [0.4, 0.5) is 18.9 Å². The van der Waals surface area contributed by atoms with Gasteiger partial charge >= 0.3 is 12.1 Å². The topological polar surface area (TPSA) is 71.8 Å². The summed E-state index contributed by atoms with van der Waals surface area (Å²) in [4.78, 5) is 20.7. The molecule has 144 valence electrons. The van der Waals surface area contributed by atoms with E-state index in [0.717, 1.165) is 31.0 Å². The first kappa shape index (κ1) is 19.7. The van der Waals surface area contributed by atoms with E-state index in [4.69, 9.17) is 4.74 Å². The average Bonchev–Trinajstić information content (AvgIpc) is 2.96. The summed E-state index contributed by atoms with van der Waals surface area (Å²) in [5.74, 6) is -1.13. The smallest absolute Gasteiger partial charge is 0.416 e. The number of ether oxygens (including phenoxy) is 1. The molecule has 2 heterocycles. The van der Waals surface area contributed by atoms with Gasteiger partial charge in [-0.1, -0.05) is 17.8 Å². The number of hydrogen-bond donors (Lipinski definition) is 1. The molecule has 1 aromatic heterocycles. The summed E-state index contributed by atoms with van der Waals surface area (Å²) in [6.07, 6.45) is -1.31. The molecule has 1 aromatic carbocycles. The molecule has 0 fully saturated rings. The molecule has 1 aliphatic heterocycles. The lowest BCUT2D eigenvalue weighted by atomic mass is 10.2. The van der Waals surface area contributed by atoms with Gasteiger partial charge in [-0.3, -0.25) is 4.98 Å². The standard InChI is InChI=1S/C19H13F3N2O3S/c1-27-18(26)15-16(25)14(10-13-4-2-3-9-23-13)28-17(15)24-12-7-5-11(6-8-12)19(20,21)22/h2-10,25H,1H3. The zero-order valence-electron chi connectivity index (χ0n) is 14.4. The number of benzene rings is 1. The minimum atomic E-state index is -4.46. The largest absolute Gasteiger partial charge is 0.506 e. The number of carbonyl (C=O) groups excluding carboxylic acids is 1. The van der Waals surface area contributed by atoms with E-state index < -0.39 is 17.7 Å². The first-order valence-electron chi connectivity index (χ1n) is 7.88. The summed E-state index contributed by atoms with van der Waals surface area (Å²) in [6, 6.07) is 9.36. The lowest BCUT2D eigenvalue weighted by Crippen LogP contribution is -2.10. The molecule has 0 bridgehead atoms. The van der Waals surface area contributed by atoms with E-state index in [2.05, 4.69) is 9.98 Å². The molecule has 2 aromatic rings. The number of carbonyl (C=O) groups is 1. The van der Waals surface area contributed by atoms with E-state index in [0.29, 0.717) is 10.6 Å². The third kappa shape index (κ3) is 4.25. The number of thioether (sulfide) groups is 1. The van der Waals surface area contributed by atoms with Crippen LogP contribution in [0.3, 0.4) is 0 Å². The van der Waals surface area contributed by atoms with Gasteiger partial charge in [-0.25, -0.2) is 9.79 Å². The molecular weight excluding hydrogens is 393 g/mol. The van der Waals surface area contributed by atoms with Crippen molar-refractivity contribution < 1.29 is 27.8 Å². The maximum absolute atomic E-state index is 12.7. The number of halogens is 3. The maximum atomic E-state index is 12.7. The van der Waals surface area contributed by atoms with Crippen LogP contribution in [0.2, 0.25) is 0 Å². The third-order valence-electron chi connectivity index (χ3n) is 3.67. The van der Waals surface area contributed by atoms with Gasteiger partial charge in [0.25, 0.3) is 0 Å². The predicted octanol–water partition coefficient (Wildman–Crippen LogP) is 4.90. The van der Waals surface area contributed by atoms with Gasteiger partial charge in [0.05, 0.1) is 29.0 Å². The number of aromatic nitrogens is 1. The molecule has 0 spiro atoms. The lowest BCUT2D eigenvalue weighted by molar-refractivity contribution is -0.137. The Morgan fingerprint density at radius 1 is 1.21 bits per heavy atom. The zero-order chi connectivity index (χ0) is 20.3. The number of alkyl halides is 3. The van der Waals surface area contributed by atoms with E-state index in [1.54, 1.807) is 30.5 Å². The Hall–Kier alpha value is -3.07. The van der Waals surface area contributed by atoms with Gasteiger partial charge in [0.2, 0.25) is 0 Å². The van der Waals surface area contributed by atoms with Gasteiger partial charge in [0.1, 0.15) is 16.4 Å². The Kier molecular flexibility index (Phi) is 5.55. The first-order valence-corrected chi connectivity index (χ1v) is 8.70. The number of esters is 1. The zero-order valence-corrected chi connectivity index (χ0v) is 15.2. The molecule has 0 radical (unpaired) electrons. The third-order valence-corrected chi connectivity index (χ3v) is 4.69. The molecule has 28 heavy (non-hydrogen) atoms. The fourth-order valence-corrected chi connectivity index (χ4v) is 3.35. The lowest BCUT2D eigenvalue weighted by Gasteiger charge is -2.06. The molecule has 1 N–H and O–H groups in total. The van der Waals surface area contributed by atoms with Crippen LogP contribution in [0.25, 0.3) is 6.08 Å². The fraction of sp³-hybridized carbons (Fsp3) is 0.105. The van der Waals surface area contributed by atoms with Gasteiger partial charge in [-0.05, 0) is 42.5 Å². The summed E-state index contributed by atoms with van der Waals surface area (Å²) in [6.45, 7) is 0. The summed E-state index contributed by atoms with van der Waals surface area (Å²) in [5, 5.41) is 10.6. The highest BCUT2D eigenvalue weighted by atomic mass is 32.2. The van der Waals surface area contributed by atoms with Crippen LogP contribution in [0.5, 0.6) is 0 Å². The number of aliphatic imine (C=N–C) groups is 1. The van der Waals surface area contributed by atoms with Crippen molar-refractivity contribution in [1.29, 1.82) is 0 Å². The molecule has 0 saturated carbocycles. The van der Waals surface area contributed by atoms with E-state index in [1.165, 1.54) is 12.1 Å². The van der Waals surface area contributed by atoms with Gasteiger partial charge in [-0.15, -0.1) is 0 Å². The van der Waals surface area contributed by atoms with E-state index in [1.807, 2.05) is 0 Å². The molecule has 5 nitrogen and oxygen atoms in total. The van der Waals surface area contributed by atoms with E-state index in [9.17, 15) is 23.1 Å². The van der Waals surface area contributed by atoms with Crippen molar-refractivity contribution >= 4 is 34.5 Å². The first-order chi connectivity index (χ1) is 13.3. The number of pyridine rings is 1. The normalized spacial score (nSPS) is 17.4. The van der Waals surface area contributed by atoms with Crippen molar-refractivity contribution in [1.82, 2.24) is 4.98 Å². The number of nitrogens with zero attached hydrogens (tertiary/aromatic N) is 2. The van der Waals surface area contributed by atoms with Crippen LogP contribution >= 0.6 is 11.8 Å². The molecule has 0 aliphatic carbocycles. The highest BCUT2D eigenvalue weighted by Crippen LogP contribution is 2.40. The number of rotatable bonds is 3. The number of hydrogen-bond acceptors (Lipinski definition) is 6. The van der Waals surface area contributed by atoms with E-state index in [-0.39, 0.29) is 22.1 Å². The SMILES string of the molecule is COC(=O)C1=C(O)C(=Cc2ccccn2)SC1=Nc1ccc(C(F)(F)F)cc1. The number of aliphatic hydroxyl groups excluding tert-OH is 1. The Labute approximate surface area is 162 Å². The molecule has 0 atom stereocenters. The maximum Gasteiger partial charge on any atom is 0.416 e. The van der Waals surface area contributed by atoms with Crippen molar-refractivity contribution in [2.24, 2.45) is 4.99 Å². The monoisotopic (exact) mass is 406 g/mol. The van der Waals surface area contributed by atoms with Crippen LogP contribution < -0.4 is 0 Å². The summed E-state index contributed by atoms with van der Waals surface area (Å²) < 4.78 is 42.8. The second-order valence-corrected chi connectivity index (χ2v) is 6.57. The summed E-state index contributed by atoms with van der Waals surface area (Å²) in [7, 11) is 1.16. The molecule has 0 unspecified atom stereocenters. The minimum Gasteiger partial charge on any atom is -0.506 e. The fourth-order valence-electron chi connectivity index (χ4n) is 2.33. The summed E-state index contributed by atoms with van der Waals surface area (Å²) in [5.41, 5.74) is -0.215. The highest BCUT2D eigenvalue weighted by molar-refractivity contribution is 8.18. The Morgan fingerprint density at radius 2 is 1.93 bits per heavy atom. The van der Waals surface area contributed by atoms with Crippen molar-refractivity contribution in [3.63, 3.8) is 0 Å². The van der Waals surface area contributed by atoms with Gasteiger partial charge in [0, 0.05) is 6.20 Å². The predicted molar refractivity (Wildman–Crippen MR) is 100 cm³/mol. The van der Waals surface area contributed by atoms with Crippen LogP contribution in [0.15, 0.2) is 69.9 Å². The molecule has 1 aliphatic rings. The summed E-state index contributed by atoms with van der Waals surface area (Å²) >= 11 is 0.994. The molecule has 9 heteroatoms. The molecule has 0 amide bonds. The second-order valence-electron chi connectivity index (χ2n) is 5.54. The van der Waals surface area contributed by atoms with Gasteiger partial charge < -0.3 is 9.84 Å². The van der Waals surface area contributed by atoms with Crippen molar-refractivity contribution in [3.05, 3.63) is 76.2 Å². The second kappa shape index (κ2) is 7.89. The van der Waals surface area contributed by atoms with E-state index >= 15 is 0 Å². The van der Waals surface area contributed by atoms with Crippen molar-refractivity contribution in [2.75, 3.05) is 7.11 Å². The van der Waals surface area contributed by atoms with Crippen LogP contribution in [0, 0.1) is 0 Å².